The monoisotopic (exact) mass is 362 g/mol. The highest BCUT2D eigenvalue weighted by Crippen LogP contribution is 2.29. The number of nitrogens with zero attached hydrogens (tertiary/aromatic N) is 3. The van der Waals surface area contributed by atoms with E-state index < -0.39 is 0 Å². The van der Waals surface area contributed by atoms with E-state index >= 15 is 0 Å². The fraction of sp³-hybridized carbons (Fsp3) is 0.150. The molecule has 4 rings (SSSR count). The Bertz CT molecular complexity index is 1090. The smallest absolute Gasteiger partial charge is 0.258 e. The van der Waals surface area contributed by atoms with Crippen LogP contribution in [0.15, 0.2) is 48.8 Å². The first-order valence-corrected chi connectivity index (χ1v) is 9.10. The van der Waals surface area contributed by atoms with E-state index in [9.17, 15) is 4.79 Å². The summed E-state index contributed by atoms with van der Waals surface area (Å²) in [6.07, 6.45) is 3.59. The average molecular weight is 362 g/mol. The molecule has 1 N–H and O–H groups in total. The maximum absolute atomic E-state index is 12.9. The molecular formula is C20H18N4OS. The molecule has 1 amide bonds. The summed E-state index contributed by atoms with van der Waals surface area (Å²) in [4.78, 5) is 21.8. The van der Waals surface area contributed by atoms with Gasteiger partial charge in [-0.1, -0.05) is 29.5 Å². The first kappa shape index (κ1) is 16.5. The third-order valence-corrected chi connectivity index (χ3v) is 5.39. The van der Waals surface area contributed by atoms with Gasteiger partial charge in [0, 0.05) is 25.0 Å². The van der Waals surface area contributed by atoms with Crippen molar-refractivity contribution in [3.63, 3.8) is 0 Å². The molecule has 0 saturated heterocycles. The van der Waals surface area contributed by atoms with Crippen LogP contribution in [-0.2, 0) is 7.05 Å². The van der Waals surface area contributed by atoms with E-state index in [1.807, 2.05) is 36.0 Å². The van der Waals surface area contributed by atoms with Crippen LogP contribution in [0.1, 0.15) is 21.5 Å². The van der Waals surface area contributed by atoms with Crippen molar-refractivity contribution < 1.29 is 4.79 Å². The summed E-state index contributed by atoms with van der Waals surface area (Å²) >= 11 is 1.49. The molecular weight excluding hydrogens is 344 g/mol. The number of fused-ring (bicyclic) bond motifs is 1. The summed E-state index contributed by atoms with van der Waals surface area (Å²) in [5, 5.41) is 3.54. The number of hydrogen-bond donors (Lipinski definition) is 1. The van der Waals surface area contributed by atoms with Gasteiger partial charge in [-0.2, -0.15) is 0 Å². The second-order valence-electron chi connectivity index (χ2n) is 6.28. The maximum Gasteiger partial charge on any atom is 0.258 e. The number of thiazole rings is 1. The minimum Gasteiger partial charge on any atom is -0.334 e. The lowest BCUT2D eigenvalue weighted by molar-refractivity contribution is 0.102. The summed E-state index contributed by atoms with van der Waals surface area (Å²) in [6.45, 7) is 4.14. The van der Waals surface area contributed by atoms with Crippen molar-refractivity contribution in [3.05, 3.63) is 65.5 Å². The molecule has 0 aliphatic heterocycles. The van der Waals surface area contributed by atoms with E-state index in [-0.39, 0.29) is 5.91 Å². The maximum atomic E-state index is 12.9. The second kappa shape index (κ2) is 6.38. The van der Waals surface area contributed by atoms with Gasteiger partial charge in [0.05, 0.1) is 15.8 Å². The minimum atomic E-state index is -0.184. The van der Waals surface area contributed by atoms with Crippen LogP contribution in [0, 0.1) is 13.8 Å². The van der Waals surface area contributed by atoms with Gasteiger partial charge in [-0.3, -0.25) is 10.1 Å². The number of benzene rings is 2. The van der Waals surface area contributed by atoms with Crippen LogP contribution in [0.25, 0.3) is 21.6 Å². The molecule has 130 valence electrons. The second-order valence-corrected chi connectivity index (χ2v) is 7.32. The number of rotatable bonds is 3. The highest BCUT2D eigenvalue weighted by Gasteiger charge is 2.17. The molecule has 0 fully saturated rings. The van der Waals surface area contributed by atoms with Gasteiger partial charge in [-0.05, 0) is 43.2 Å². The predicted molar refractivity (Wildman–Crippen MR) is 106 cm³/mol. The Morgan fingerprint density at radius 1 is 1.15 bits per heavy atom. The molecule has 4 aromatic rings. The SMILES string of the molecule is Cc1cc2nc(NC(=O)c3ccccc3-c3nccn3C)sc2cc1C. The molecule has 2 aromatic heterocycles. The fourth-order valence-electron chi connectivity index (χ4n) is 2.90. The topological polar surface area (TPSA) is 59.8 Å². The third kappa shape index (κ3) is 2.88. The van der Waals surface area contributed by atoms with Crippen molar-refractivity contribution in [2.75, 3.05) is 5.32 Å². The number of anilines is 1. The molecule has 26 heavy (non-hydrogen) atoms. The van der Waals surface area contributed by atoms with Crippen LogP contribution >= 0.6 is 11.3 Å². The van der Waals surface area contributed by atoms with Crippen molar-refractivity contribution in [2.24, 2.45) is 7.05 Å². The van der Waals surface area contributed by atoms with Crippen LogP contribution in [0.2, 0.25) is 0 Å². The van der Waals surface area contributed by atoms with E-state index in [0.29, 0.717) is 10.7 Å². The number of nitrogens with one attached hydrogen (secondary N) is 1. The van der Waals surface area contributed by atoms with Crippen molar-refractivity contribution in [1.29, 1.82) is 0 Å². The number of aromatic nitrogens is 3. The number of aryl methyl sites for hydroxylation is 3. The molecule has 5 nitrogen and oxygen atoms in total. The largest absolute Gasteiger partial charge is 0.334 e. The van der Waals surface area contributed by atoms with Gasteiger partial charge < -0.3 is 4.57 Å². The summed E-state index contributed by atoms with van der Waals surface area (Å²) in [5.74, 6) is 0.572. The van der Waals surface area contributed by atoms with Crippen molar-refractivity contribution in [1.82, 2.24) is 14.5 Å². The average Bonchev–Trinajstić information content (AvgIpc) is 3.21. The van der Waals surface area contributed by atoms with Crippen LogP contribution in [0.5, 0.6) is 0 Å². The first-order valence-electron chi connectivity index (χ1n) is 8.29. The summed E-state index contributed by atoms with van der Waals surface area (Å²) in [6, 6.07) is 11.6. The van der Waals surface area contributed by atoms with Gasteiger partial charge in [0.1, 0.15) is 5.82 Å². The number of imidazole rings is 1. The van der Waals surface area contributed by atoms with Crippen molar-refractivity contribution in [3.8, 4) is 11.4 Å². The van der Waals surface area contributed by atoms with E-state index in [2.05, 4.69) is 41.3 Å². The Morgan fingerprint density at radius 3 is 2.69 bits per heavy atom. The van der Waals surface area contributed by atoms with Gasteiger partial charge in [0.15, 0.2) is 5.13 Å². The Kier molecular flexibility index (Phi) is 4.05. The molecule has 0 aliphatic rings. The van der Waals surface area contributed by atoms with Gasteiger partial charge in [0.2, 0.25) is 0 Å². The first-order chi connectivity index (χ1) is 12.5. The molecule has 0 bridgehead atoms. The molecule has 0 unspecified atom stereocenters. The number of hydrogen-bond acceptors (Lipinski definition) is 4. The predicted octanol–water partition coefficient (Wildman–Crippen LogP) is 4.57. The zero-order chi connectivity index (χ0) is 18.3. The molecule has 6 heteroatoms. The molecule has 2 aromatic carbocycles. The van der Waals surface area contributed by atoms with Gasteiger partial charge in [-0.15, -0.1) is 0 Å². The lowest BCUT2D eigenvalue weighted by atomic mass is 10.1. The van der Waals surface area contributed by atoms with Crippen LogP contribution in [0.4, 0.5) is 5.13 Å². The Labute approximate surface area is 155 Å². The van der Waals surface area contributed by atoms with Gasteiger partial charge >= 0.3 is 0 Å². The lowest BCUT2D eigenvalue weighted by Crippen LogP contribution is -2.13. The third-order valence-electron chi connectivity index (χ3n) is 4.46. The van der Waals surface area contributed by atoms with Crippen LogP contribution < -0.4 is 5.32 Å². The summed E-state index contributed by atoms with van der Waals surface area (Å²) in [7, 11) is 1.91. The zero-order valence-corrected chi connectivity index (χ0v) is 15.6. The highest BCUT2D eigenvalue weighted by atomic mass is 32.1. The number of amides is 1. The van der Waals surface area contributed by atoms with Gasteiger partial charge in [-0.25, -0.2) is 9.97 Å². The van der Waals surface area contributed by atoms with Crippen molar-refractivity contribution in [2.45, 2.75) is 13.8 Å². The highest BCUT2D eigenvalue weighted by molar-refractivity contribution is 7.22. The Morgan fingerprint density at radius 2 is 1.92 bits per heavy atom. The molecule has 0 radical (unpaired) electrons. The molecule has 0 saturated carbocycles. The quantitative estimate of drug-likeness (QED) is 0.581. The van der Waals surface area contributed by atoms with Crippen LogP contribution in [0.3, 0.4) is 0 Å². The lowest BCUT2D eigenvalue weighted by Gasteiger charge is -2.08. The Hall–Kier alpha value is -2.99. The Balaban J connectivity index is 1.68. The van der Waals surface area contributed by atoms with E-state index in [1.54, 1.807) is 12.3 Å². The molecule has 0 aliphatic carbocycles. The molecule has 0 atom stereocenters. The standard InChI is InChI=1S/C20H18N4OS/c1-12-10-16-17(11-13(12)2)26-20(22-16)23-19(25)15-7-5-4-6-14(15)18-21-8-9-24(18)3/h4-11H,1-3H3,(H,22,23,25). The van der Waals surface area contributed by atoms with E-state index in [1.165, 1.54) is 22.5 Å². The zero-order valence-electron chi connectivity index (χ0n) is 14.8. The van der Waals surface area contributed by atoms with Crippen molar-refractivity contribution >= 4 is 32.6 Å². The van der Waals surface area contributed by atoms with E-state index in [4.69, 9.17) is 0 Å². The minimum absolute atomic E-state index is 0.184. The fourth-order valence-corrected chi connectivity index (χ4v) is 3.84. The summed E-state index contributed by atoms with van der Waals surface area (Å²) < 4.78 is 2.97. The normalized spacial score (nSPS) is 11.0. The van der Waals surface area contributed by atoms with Gasteiger partial charge in [0.25, 0.3) is 5.91 Å². The van der Waals surface area contributed by atoms with Crippen LogP contribution in [-0.4, -0.2) is 20.4 Å². The summed E-state index contributed by atoms with van der Waals surface area (Å²) in [5.41, 5.74) is 4.70. The number of carbonyl (C=O) groups is 1. The molecule has 2 heterocycles. The van der Waals surface area contributed by atoms with E-state index in [0.717, 1.165) is 21.6 Å². The molecule has 0 spiro atoms. The number of carbonyl (C=O) groups excluding carboxylic acids is 1.